The predicted molar refractivity (Wildman–Crippen MR) is 151 cm³/mol. The number of hydrogen-bond acceptors (Lipinski definition) is 6. The summed E-state index contributed by atoms with van der Waals surface area (Å²) in [5, 5.41) is 8.53. The highest BCUT2D eigenvalue weighted by molar-refractivity contribution is 7.64. The minimum atomic E-state index is -0.262. The summed E-state index contributed by atoms with van der Waals surface area (Å²) in [4.78, 5) is 11.6. The van der Waals surface area contributed by atoms with Crippen molar-refractivity contribution < 1.29 is 0 Å². The molecule has 1 aliphatic carbocycles. The molecule has 1 aliphatic heterocycles. The summed E-state index contributed by atoms with van der Waals surface area (Å²) in [6.45, 7) is 8.86. The average Bonchev–Trinajstić information content (AvgIpc) is 2.81. The van der Waals surface area contributed by atoms with E-state index >= 15 is 0 Å². The monoisotopic (exact) mass is 508 g/mol. The van der Waals surface area contributed by atoms with Gasteiger partial charge in [0.15, 0.2) is 5.82 Å². The Morgan fingerprint density at radius 2 is 1.83 bits per heavy atom. The van der Waals surface area contributed by atoms with Crippen LogP contribution >= 0.6 is 19.5 Å². The first-order valence-electron chi connectivity index (χ1n) is 12.3. The SMILES string of the molecule is Cc1cc(Nc2ncc(Cl)c(Nc3ccccc3P(C)C)n2)ccc1N1CCC2(CC1)CC(N)C2. The van der Waals surface area contributed by atoms with Crippen molar-refractivity contribution in [2.24, 2.45) is 11.1 Å². The van der Waals surface area contributed by atoms with Crippen LogP contribution in [0.15, 0.2) is 48.7 Å². The molecule has 6 nitrogen and oxygen atoms in total. The number of nitrogens with two attached hydrogens (primary N) is 1. The van der Waals surface area contributed by atoms with Crippen LogP contribution in [-0.2, 0) is 0 Å². The van der Waals surface area contributed by atoms with Crippen LogP contribution in [0, 0.1) is 12.3 Å². The second-order valence-electron chi connectivity index (χ2n) is 10.2. The molecule has 0 atom stereocenters. The van der Waals surface area contributed by atoms with Crippen molar-refractivity contribution in [3.05, 3.63) is 59.2 Å². The first-order chi connectivity index (χ1) is 16.8. The minimum Gasteiger partial charge on any atom is -0.371 e. The molecule has 2 fully saturated rings. The Labute approximate surface area is 214 Å². The smallest absolute Gasteiger partial charge is 0.229 e. The average molecular weight is 509 g/mol. The van der Waals surface area contributed by atoms with E-state index in [0.29, 0.717) is 28.2 Å². The molecule has 3 aromatic rings. The van der Waals surface area contributed by atoms with Crippen LogP contribution in [0.1, 0.15) is 31.2 Å². The Morgan fingerprint density at radius 1 is 1.09 bits per heavy atom. The fourth-order valence-electron chi connectivity index (χ4n) is 5.51. The van der Waals surface area contributed by atoms with Crippen molar-refractivity contribution in [2.45, 2.75) is 38.6 Å². The van der Waals surface area contributed by atoms with Gasteiger partial charge in [-0.1, -0.05) is 37.7 Å². The van der Waals surface area contributed by atoms with Crippen LogP contribution in [0.4, 0.5) is 28.8 Å². The maximum Gasteiger partial charge on any atom is 0.229 e. The Bertz CT molecular complexity index is 1200. The number of rotatable bonds is 6. The molecule has 1 aromatic heterocycles. The standard InChI is InChI=1S/C27H34ClN6P/c1-18-14-20(8-9-23(18)34-12-10-27(11-13-34)15-19(29)16-27)31-26-30-17-21(28)25(33-26)32-22-6-4-5-7-24(22)35(2)3/h4-9,14,17,19H,10-13,15-16,29H2,1-3H3,(H2,30,31,32,33). The molecular formula is C27H34ClN6P. The Hall–Kier alpha value is -2.40. The molecule has 0 unspecified atom stereocenters. The Balaban J connectivity index is 1.28. The number of aromatic nitrogens is 2. The van der Waals surface area contributed by atoms with Crippen molar-refractivity contribution in [2.75, 3.05) is 42.0 Å². The lowest BCUT2D eigenvalue weighted by Gasteiger charge is -2.51. The first kappa shape index (κ1) is 24.3. The quantitative estimate of drug-likeness (QED) is 0.354. The van der Waals surface area contributed by atoms with Gasteiger partial charge >= 0.3 is 0 Å². The highest BCUT2D eigenvalue weighted by atomic mass is 35.5. The molecule has 1 spiro atoms. The van der Waals surface area contributed by atoms with E-state index < -0.39 is 0 Å². The highest BCUT2D eigenvalue weighted by Gasteiger charge is 2.44. The van der Waals surface area contributed by atoms with Crippen LogP contribution in [0.5, 0.6) is 0 Å². The Kier molecular flexibility index (Phi) is 6.89. The number of piperidine rings is 1. The van der Waals surface area contributed by atoms with Crippen LogP contribution in [-0.4, -0.2) is 42.4 Å². The van der Waals surface area contributed by atoms with Gasteiger partial charge in [-0.15, -0.1) is 0 Å². The van der Waals surface area contributed by atoms with E-state index in [-0.39, 0.29) is 7.92 Å². The number of benzene rings is 2. The first-order valence-corrected chi connectivity index (χ1v) is 14.9. The van der Waals surface area contributed by atoms with Gasteiger partial charge in [0.25, 0.3) is 0 Å². The van der Waals surface area contributed by atoms with Crippen LogP contribution in [0.2, 0.25) is 5.02 Å². The van der Waals surface area contributed by atoms with Gasteiger partial charge < -0.3 is 21.3 Å². The van der Waals surface area contributed by atoms with E-state index in [9.17, 15) is 0 Å². The van der Waals surface area contributed by atoms with Gasteiger partial charge in [-0.2, -0.15) is 4.98 Å². The molecule has 1 saturated heterocycles. The summed E-state index contributed by atoms with van der Waals surface area (Å²) >= 11 is 6.43. The minimum absolute atomic E-state index is 0.262. The topological polar surface area (TPSA) is 79.1 Å². The summed E-state index contributed by atoms with van der Waals surface area (Å²) in [7, 11) is -0.262. The molecule has 184 valence electrons. The third-order valence-electron chi connectivity index (χ3n) is 7.39. The van der Waals surface area contributed by atoms with Crippen LogP contribution < -0.4 is 26.6 Å². The normalized spacial score (nSPS) is 17.5. The molecule has 0 bridgehead atoms. The zero-order valence-electron chi connectivity index (χ0n) is 20.7. The van der Waals surface area contributed by atoms with E-state index in [1.54, 1.807) is 6.20 Å². The van der Waals surface area contributed by atoms with Crippen molar-refractivity contribution in [1.29, 1.82) is 0 Å². The molecule has 2 aliphatic rings. The fraction of sp³-hybridized carbons (Fsp3) is 0.407. The third-order valence-corrected chi connectivity index (χ3v) is 9.02. The molecule has 8 heteroatoms. The van der Waals surface area contributed by atoms with Gasteiger partial charge in [0.1, 0.15) is 5.02 Å². The molecule has 4 N–H and O–H groups in total. The molecule has 0 amide bonds. The van der Waals surface area contributed by atoms with Crippen molar-refractivity contribution in [3.63, 3.8) is 0 Å². The van der Waals surface area contributed by atoms with Gasteiger partial charge in [0.2, 0.25) is 5.95 Å². The van der Waals surface area contributed by atoms with E-state index in [4.69, 9.17) is 17.3 Å². The largest absolute Gasteiger partial charge is 0.371 e. The van der Waals surface area contributed by atoms with E-state index in [1.165, 1.54) is 42.2 Å². The summed E-state index contributed by atoms with van der Waals surface area (Å²) in [6.07, 6.45) is 6.53. The number of halogens is 1. The lowest BCUT2D eigenvalue weighted by Crippen LogP contribution is -2.52. The summed E-state index contributed by atoms with van der Waals surface area (Å²) in [5.74, 6) is 1.11. The van der Waals surface area contributed by atoms with Crippen molar-refractivity contribution in [3.8, 4) is 0 Å². The summed E-state index contributed by atoms with van der Waals surface area (Å²) < 4.78 is 0. The van der Waals surface area contributed by atoms with Gasteiger partial charge in [-0.3, -0.25) is 0 Å². The number of anilines is 5. The van der Waals surface area contributed by atoms with E-state index in [0.717, 1.165) is 24.5 Å². The van der Waals surface area contributed by atoms with Crippen LogP contribution in [0.25, 0.3) is 0 Å². The number of nitrogens with one attached hydrogen (secondary N) is 2. The number of hydrogen-bond donors (Lipinski definition) is 3. The zero-order valence-corrected chi connectivity index (χ0v) is 22.3. The maximum atomic E-state index is 6.43. The molecule has 1 saturated carbocycles. The van der Waals surface area contributed by atoms with Gasteiger partial charge in [0, 0.05) is 36.2 Å². The van der Waals surface area contributed by atoms with E-state index in [1.807, 2.05) is 6.07 Å². The zero-order chi connectivity index (χ0) is 24.6. The summed E-state index contributed by atoms with van der Waals surface area (Å²) in [5.41, 5.74) is 11.1. The second kappa shape index (κ2) is 9.93. The molecular weight excluding hydrogens is 475 g/mol. The molecule has 35 heavy (non-hydrogen) atoms. The molecule has 0 radical (unpaired) electrons. The van der Waals surface area contributed by atoms with E-state index in [2.05, 4.69) is 82.2 Å². The van der Waals surface area contributed by atoms with Gasteiger partial charge in [-0.25, -0.2) is 4.98 Å². The number of para-hydroxylation sites is 1. The number of aryl methyl sites for hydroxylation is 1. The molecule has 2 aromatic carbocycles. The molecule has 5 rings (SSSR count). The maximum absolute atomic E-state index is 6.43. The second-order valence-corrected chi connectivity index (χ2v) is 12.9. The fourth-order valence-corrected chi connectivity index (χ4v) is 6.65. The number of nitrogens with zero attached hydrogens (tertiary/aromatic N) is 3. The lowest BCUT2D eigenvalue weighted by molar-refractivity contribution is 0.0713. The predicted octanol–water partition coefficient (Wildman–Crippen LogP) is 6.00. The summed E-state index contributed by atoms with van der Waals surface area (Å²) in [6, 6.07) is 15.2. The third kappa shape index (κ3) is 5.25. The van der Waals surface area contributed by atoms with Crippen molar-refractivity contribution in [1.82, 2.24) is 9.97 Å². The van der Waals surface area contributed by atoms with Gasteiger partial charge in [0.05, 0.1) is 6.20 Å². The van der Waals surface area contributed by atoms with Crippen molar-refractivity contribution >= 4 is 53.7 Å². The van der Waals surface area contributed by atoms with Crippen LogP contribution in [0.3, 0.4) is 0 Å². The molecule has 2 heterocycles. The lowest BCUT2D eigenvalue weighted by atomic mass is 9.60. The van der Waals surface area contributed by atoms with Gasteiger partial charge in [-0.05, 0) is 86.5 Å². The Morgan fingerprint density at radius 3 is 2.51 bits per heavy atom. The highest BCUT2D eigenvalue weighted by Crippen LogP contribution is 2.49.